The van der Waals surface area contributed by atoms with E-state index < -0.39 is 34.2 Å². The number of nitrogens with zero attached hydrogens (tertiary/aromatic N) is 1. The molecule has 1 aliphatic carbocycles. The monoisotopic (exact) mass is 332 g/mol. The van der Waals surface area contributed by atoms with E-state index in [-0.39, 0.29) is 11.7 Å². The number of alkyl halides is 3. The second-order valence-electron chi connectivity index (χ2n) is 5.52. The summed E-state index contributed by atoms with van der Waals surface area (Å²) in [5.74, 6) is -1.28. The number of nitrogens with one attached hydrogen (secondary N) is 1. The van der Waals surface area contributed by atoms with E-state index in [1.807, 2.05) is 0 Å². The zero-order chi connectivity index (χ0) is 17.2. The summed E-state index contributed by atoms with van der Waals surface area (Å²) in [4.78, 5) is 20.5. The molecule has 1 aromatic rings. The molecule has 0 heterocycles. The van der Waals surface area contributed by atoms with Crippen molar-refractivity contribution in [3.05, 3.63) is 33.9 Å². The molecule has 6 nitrogen and oxygen atoms in total. The van der Waals surface area contributed by atoms with Gasteiger partial charge < -0.3 is 10.4 Å². The number of carbonyl (C=O) groups is 1. The molecule has 1 saturated carbocycles. The molecule has 0 spiro atoms. The van der Waals surface area contributed by atoms with Crippen LogP contribution in [0.1, 0.15) is 31.2 Å². The van der Waals surface area contributed by atoms with Gasteiger partial charge in [-0.2, -0.15) is 13.2 Å². The summed E-state index contributed by atoms with van der Waals surface area (Å²) >= 11 is 0. The Morgan fingerprint density at radius 2 is 1.87 bits per heavy atom. The number of anilines is 1. The van der Waals surface area contributed by atoms with Gasteiger partial charge in [-0.3, -0.25) is 14.9 Å². The summed E-state index contributed by atoms with van der Waals surface area (Å²) in [5, 5.41) is 22.5. The van der Waals surface area contributed by atoms with Gasteiger partial charge in [-0.05, 0) is 37.8 Å². The van der Waals surface area contributed by atoms with Crippen molar-refractivity contribution in [1.82, 2.24) is 0 Å². The second-order valence-corrected chi connectivity index (χ2v) is 5.52. The van der Waals surface area contributed by atoms with Crippen molar-refractivity contribution in [2.45, 2.75) is 37.9 Å². The summed E-state index contributed by atoms with van der Waals surface area (Å²) in [7, 11) is 0. The number of rotatable bonds is 4. The van der Waals surface area contributed by atoms with Gasteiger partial charge in [0.05, 0.1) is 10.8 Å². The lowest BCUT2D eigenvalue weighted by atomic mass is 9.86. The fourth-order valence-electron chi connectivity index (χ4n) is 2.73. The Balaban J connectivity index is 2.13. The van der Waals surface area contributed by atoms with Crippen molar-refractivity contribution in [1.29, 1.82) is 0 Å². The van der Waals surface area contributed by atoms with E-state index in [1.165, 1.54) is 6.07 Å². The van der Waals surface area contributed by atoms with Gasteiger partial charge in [0.25, 0.3) is 5.69 Å². The first kappa shape index (κ1) is 17.0. The number of carboxylic acid groups (broad SMARTS) is 1. The Morgan fingerprint density at radius 1 is 1.26 bits per heavy atom. The van der Waals surface area contributed by atoms with Crippen LogP contribution < -0.4 is 5.32 Å². The highest BCUT2D eigenvalue weighted by molar-refractivity contribution is 5.70. The third-order valence-corrected chi connectivity index (χ3v) is 3.95. The fraction of sp³-hybridized carbons (Fsp3) is 0.500. The van der Waals surface area contributed by atoms with Crippen LogP contribution in [0.25, 0.3) is 0 Å². The molecule has 126 valence electrons. The first-order valence-corrected chi connectivity index (χ1v) is 7.03. The fourth-order valence-corrected chi connectivity index (χ4v) is 2.73. The minimum Gasteiger partial charge on any atom is -0.481 e. The van der Waals surface area contributed by atoms with Gasteiger partial charge >= 0.3 is 12.1 Å². The van der Waals surface area contributed by atoms with Gasteiger partial charge in [-0.25, -0.2) is 0 Å². The van der Waals surface area contributed by atoms with Crippen LogP contribution in [0.15, 0.2) is 18.2 Å². The molecule has 0 aliphatic heterocycles. The molecular weight excluding hydrogens is 317 g/mol. The number of carboxylic acids is 1. The van der Waals surface area contributed by atoms with Crippen molar-refractivity contribution in [2.75, 3.05) is 5.32 Å². The number of halogens is 3. The predicted octanol–water partition coefficient (Wildman–Crippen LogP) is 3.67. The van der Waals surface area contributed by atoms with Crippen molar-refractivity contribution >= 4 is 17.3 Å². The Labute approximate surface area is 129 Å². The zero-order valence-corrected chi connectivity index (χ0v) is 12.0. The zero-order valence-electron chi connectivity index (χ0n) is 12.0. The van der Waals surface area contributed by atoms with Crippen LogP contribution in [0.5, 0.6) is 0 Å². The largest absolute Gasteiger partial charge is 0.481 e. The topological polar surface area (TPSA) is 92.5 Å². The lowest BCUT2D eigenvalue weighted by Crippen LogP contribution is -2.29. The summed E-state index contributed by atoms with van der Waals surface area (Å²) in [6, 6.07) is 2.64. The smallest absolute Gasteiger partial charge is 0.423 e. The summed E-state index contributed by atoms with van der Waals surface area (Å²) in [6.45, 7) is 0. The molecule has 0 amide bonds. The van der Waals surface area contributed by atoms with Gasteiger partial charge in [0.2, 0.25) is 0 Å². The van der Waals surface area contributed by atoms with E-state index in [4.69, 9.17) is 5.11 Å². The highest BCUT2D eigenvalue weighted by atomic mass is 19.4. The van der Waals surface area contributed by atoms with Crippen molar-refractivity contribution in [2.24, 2.45) is 5.92 Å². The van der Waals surface area contributed by atoms with E-state index >= 15 is 0 Å². The Morgan fingerprint density at radius 3 is 2.35 bits per heavy atom. The predicted molar refractivity (Wildman–Crippen MR) is 75.1 cm³/mol. The Bertz CT molecular complexity index is 611. The van der Waals surface area contributed by atoms with Crippen LogP contribution in [-0.2, 0) is 11.0 Å². The lowest BCUT2D eigenvalue weighted by molar-refractivity contribution is -0.388. The molecule has 0 atom stereocenters. The minimum atomic E-state index is -4.82. The summed E-state index contributed by atoms with van der Waals surface area (Å²) in [5.41, 5.74) is -2.15. The summed E-state index contributed by atoms with van der Waals surface area (Å²) in [6.07, 6.45) is -2.87. The molecule has 1 fully saturated rings. The van der Waals surface area contributed by atoms with E-state index in [1.54, 1.807) is 0 Å². The maximum atomic E-state index is 12.9. The van der Waals surface area contributed by atoms with Gasteiger partial charge in [0.15, 0.2) is 0 Å². The number of hydrogen-bond acceptors (Lipinski definition) is 4. The van der Waals surface area contributed by atoms with Gasteiger partial charge in [0.1, 0.15) is 5.56 Å². The lowest BCUT2D eigenvalue weighted by Gasteiger charge is -2.27. The highest BCUT2D eigenvalue weighted by Crippen LogP contribution is 2.38. The van der Waals surface area contributed by atoms with Gasteiger partial charge in [-0.1, -0.05) is 0 Å². The van der Waals surface area contributed by atoms with Crippen molar-refractivity contribution in [3.63, 3.8) is 0 Å². The average molecular weight is 332 g/mol. The van der Waals surface area contributed by atoms with Crippen LogP contribution in [0.2, 0.25) is 0 Å². The number of aliphatic carboxylic acids is 1. The number of benzene rings is 1. The Hall–Kier alpha value is -2.32. The van der Waals surface area contributed by atoms with E-state index in [9.17, 15) is 28.1 Å². The van der Waals surface area contributed by atoms with Gasteiger partial charge in [0, 0.05) is 17.8 Å². The average Bonchev–Trinajstić information content (AvgIpc) is 2.46. The maximum absolute atomic E-state index is 12.9. The molecule has 0 bridgehead atoms. The first-order chi connectivity index (χ1) is 10.7. The molecule has 0 radical (unpaired) electrons. The third kappa shape index (κ3) is 4.11. The molecular formula is C14H15F3N2O4. The number of hydrogen-bond donors (Lipinski definition) is 2. The molecule has 0 unspecified atom stereocenters. The molecule has 9 heteroatoms. The van der Waals surface area contributed by atoms with E-state index in [2.05, 4.69) is 5.32 Å². The quantitative estimate of drug-likeness (QED) is 0.648. The van der Waals surface area contributed by atoms with E-state index in [0.717, 1.165) is 12.1 Å². The van der Waals surface area contributed by atoms with Crippen LogP contribution in [0.3, 0.4) is 0 Å². The molecule has 23 heavy (non-hydrogen) atoms. The molecule has 0 saturated heterocycles. The van der Waals surface area contributed by atoms with Crippen LogP contribution in [0, 0.1) is 16.0 Å². The SMILES string of the molecule is O=C(O)C1CCC(Nc2ccc([N+](=O)[O-])c(C(F)(F)F)c2)CC1. The maximum Gasteiger partial charge on any atom is 0.423 e. The third-order valence-electron chi connectivity index (χ3n) is 3.95. The number of nitro groups is 1. The number of nitro benzene ring substituents is 1. The van der Waals surface area contributed by atoms with Gasteiger partial charge in [-0.15, -0.1) is 0 Å². The second kappa shape index (κ2) is 6.43. The normalized spacial score (nSPS) is 21.7. The van der Waals surface area contributed by atoms with Crippen LogP contribution in [-0.4, -0.2) is 22.0 Å². The van der Waals surface area contributed by atoms with Crippen LogP contribution >= 0.6 is 0 Å². The minimum absolute atomic E-state index is 0.140. The van der Waals surface area contributed by atoms with Crippen molar-refractivity contribution < 1.29 is 28.0 Å². The molecule has 2 N–H and O–H groups in total. The molecule has 1 aliphatic rings. The molecule has 1 aromatic carbocycles. The first-order valence-electron chi connectivity index (χ1n) is 7.03. The Kier molecular flexibility index (Phi) is 4.76. The van der Waals surface area contributed by atoms with E-state index in [0.29, 0.717) is 25.7 Å². The highest BCUT2D eigenvalue weighted by Gasteiger charge is 2.38. The molecule has 2 rings (SSSR count). The van der Waals surface area contributed by atoms with Crippen molar-refractivity contribution in [3.8, 4) is 0 Å². The molecule has 0 aromatic heterocycles. The van der Waals surface area contributed by atoms with Crippen LogP contribution in [0.4, 0.5) is 24.5 Å². The standard InChI is InChI=1S/C14H15F3N2O4/c15-14(16,17)11-7-10(5-6-12(11)19(22)23)18-9-3-1-8(2-4-9)13(20)21/h5-9,18H,1-4H2,(H,20,21). The summed E-state index contributed by atoms with van der Waals surface area (Å²) < 4.78 is 38.7.